The van der Waals surface area contributed by atoms with Gasteiger partial charge in [0.05, 0.1) is 5.41 Å². The SMILES string of the molecule is CN(C)c1nnc(SCCC(C)(C)C(=O)O)s1. The number of rotatable bonds is 6. The lowest BCUT2D eigenvalue weighted by atomic mass is 9.91. The molecular formula is C10H17N3O2S2. The molecule has 0 bridgehead atoms. The highest BCUT2D eigenvalue weighted by Gasteiger charge is 2.26. The summed E-state index contributed by atoms with van der Waals surface area (Å²) in [6.07, 6.45) is 0.615. The molecule has 1 heterocycles. The minimum Gasteiger partial charge on any atom is -0.481 e. The molecule has 7 heteroatoms. The Kier molecular flexibility index (Phi) is 4.76. The average molecular weight is 275 g/mol. The van der Waals surface area contributed by atoms with Crippen LogP contribution < -0.4 is 4.90 Å². The van der Waals surface area contributed by atoms with Crippen molar-refractivity contribution < 1.29 is 9.90 Å². The van der Waals surface area contributed by atoms with E-state index in [2.05, 4.69) is 10.2 Å². The van der Waals surface area contributed by atoms with E-state index in [4.69, 9.17) is 5.11 Å². The number of hydrogen-bond donors (Lipinski definition) is 1. The minimum absolute atomic E-state index is 0.615. The van der Waals surface area contributed by atoms with Gasteiger partial charge in [0.2, 0.25) is 5.13 Å². The Balaban J connectivity index is 2.43. The van der Waals surface area contributed by atoms with Gasteiger partial charge in [0.15, 0.2) is 4.34 Å². The number of carboxylic acids is 1. The molecule has 96 valence electrons. The summed E-state index contributed by atoms with van der Waals surface area (Å²) in [6.45, 7) is 3.47. The number of hydrogen-bond acceptors (Lipinski definition) is 6. The molecule has 1 aromatic heterocycles. The number of carboxylic acid groups (broad SMARTS) is 1. The molecule has 0 radical (unpaired) electrons. The molecule has 17 heavy (non-hydrogen) atoms. The van der Waals surface area contributed by atoms with E-state index in [1.165, 1.54) is 11.3 Å². The van der Waals surface area contributed by atoms with Crippen molar-refractivity contribution in [3.05, 3.63) is 0 Å². The topological polar surface area (TPSA) is 66.3 Å². The van der Waals surface area contributed by atoms with Gasteiger partial charge in [-0.05, 0) is 20.3 Å². The number of carbonyl (C=O) groups is 1. The maximum Gasteiger partial charge on any atom is 0.309 e. The van der Waals surface area contributed by atoms with Crippen molar-refractivity contribution in [1.82, 2.24) is 10.2 Å². The standard InChI is InChI=1S/C10H17N3O2S2/c1-10(2,7(14)15)5-6-16-9-12-11-8(17-9)13(3)4/h5-6H2,1-4H3,(H,14,15). The van der Waals surface area contributed by atoms with E-state index in [-0.39, 0.29) is 0 Å². The molecular weight excluding hydrogens is 258 g/mol. The van der Waals surface area contributed by atoms with Crippen LogP contribution in [-0.4, -0.2) is 41.1 Å². The lowest BCUT2D eigenvalue weighted by molar-refractivity contribution is -0.146. The van der Waals surface area contributed by atoms with Crippen LogP contribution in [0.4, 0.5) is 5.13 Å². The Hall–Kier alpha value is -0.820. The monoisotopic (exact) mass is 275 g/mol. The third-order valence-electron chi connectivity index (χ3n) is 2.31. The average Bonchev–Trinajstić information content (AvgIpc) is 2.66. The molecule has 1 aromatic rings. The zero-order chi connectivity index (χ0) is 13.1. The third kappa shape index (κ3) is 4.16. The van der Waals surface area contributed by atoms with E-state index in [0.717, 1.165) is 15.2 Å². The molecule has 0 atom stereocenters. The third-order valence-corrected chi connectivity index (χ3v) is 4.54. The van der Waals surface area contributed by atoms with Crippen LogP contribution in [0, 0.1) is 5.41 Å². The highest BCUT2D eigenvalue weighted by atomic mass is 32.2. The van der Waals surface area contributed by atoms with Crippen LogP contribution >= 0.6 is 23.1 Å². The predicted molar refractivity (Wildman–Crippen MR) is 71.0 cm³/mol. The summed E-state index contributed by atoms with van der Waals surface area (Å²) in [6, 6.07) is 0. The van der Waals surface area contributed by atoms with E-state index < -0.39 is 11.4 Å². The predicted octanol–water partition coefficient (Wildman–Crippen LogP) is 2.20. The van der Waals surface area contributed by atoms with E-state index in [0.29, 0.717) is 6.42 Å². The van der Waals surface area contributed by atoms with Gasteiger partial charge in [0.25, 0.3) is 0 Å². The van der Waals surface area contributed by atoms with Crippen LogP contribution in [0.1, 0.15) is 20.3 Å². The number of thioether (sulfide) groups is 1. The number of anilines is 1. The first-order chi connectivity index (χ1) is 7.83. The molecule has 1 rings (SSSR count). The van der Waals surface area contributed by atoms with Gasteiger partial charge in [-0.25, -0.2) is 0 Å². The fourth-order valence-electron chi connectivity index (χ4n) is 0.942. The summed E-state index contributed by atoms with van der Waals surface area (Å²) in [4.78, 5) is 12.8. The van der Waals surface area contributed by atoms with Gasteiger partial charge in [0.1, 0.15) is 0 Å². The first kappa shape index (κ1) is 14.2. The number of aromatic nitrogens is 2. The van der Waals surface area contributed by atoms with Gasteiger partial charge in [-0.2, -0.15) is 0 Å². The summed E-state index contributed by atoms with van der Waals surface area (Å²) >= 11 is 3.08. The van der Waals surface area contributed by atoms with Crippen molar-refractivity contribution in [2.24, 2.45) is 5.41 Å². The van der Waals surface area contributed by atoms with Crippen molar-refractivity contribution in [1.29, 1.82) is 0 Å². The van der Waals surface area contributed by atoms with Gasteiger partial charge in [0, 0.05) is 19.8 Å². The normalized spacial score (nSPS) is 11.5. The lowest BCUT2D eigenvalue weighted by Gasteiger charge is -2.17. The molecule has 0 unspecified atom stereocenters. The van der Waals surface area contributed by atoms with E-state index in [9.17, 15) is 4.79 Å². The highest BCUT2D eigenvalue weighted by Crippen LogP contribution is 2.30. The van der Waals surface area contributed by atoms with E-state index in [1.54, 1.807) is 25.6 Å². The van der Waals surface area contributed by atoms with Gasteiger partial charge in [-0.15, -0.1) is 10.2 Å². The summed E-state index contributed by atoms with van der Waals surface area (Å²) in [5.74, 6) is -0.0224. The second-order valence-corrected chi connectivity index (χ2v) is 6.83. The molecule has 0 spiro atoms. The van der Waals surface area contributed by atoms with Crippen LogP contribution in [-0.2, 0) is 4.79 Å². The molecule has 1 N–H and O–H groups in total. The van der Waals surface area contributed by atoms with Gasteiger partial charge in [-0.1, -0.05) is 23.1 Å². The van der Waals surface area contributed by atoms with Crippen molar-refractivity contribution in [3.63, 3.8) is 0 Å². The Labute approximate surface area is 109 Å². The first-order valence-electron chi connectivity index (χ1n) is 5.20. The summed E-state index contributed by atoms with van der Waals surface area (Å²) in [7, 11) is 3.84. The van der Waals surface area contributed by atoms with Crippen LogP contribution in [0.5, 0.6) is 0 Å². The van der Waals surface area contributed by atoms with Crippen LogP contribution in [0.25, 0.3) is 0 Å². The lowest BCUT2D eigenvalue weighted by Crippen LogP contribution is -2.24. The Morgan fingerprint density at radius 2 is 2.12 bits per heavy atom. The van der Waals surface area contributed by atoms with Gasteiger partial charge >= 0.3 is 5.97 Å². The molecule has 0 saturated carbocycles. The fourth-order valence-corrected chi connectivity index (χ4v) is 3.04. The van der Waals surface area contributed by atoms with E-state index in [1.807, 2.05) is 19.0 Å². The number of nitrogens with zero attached hydrogens (tertiary/aromatic N) is 3. The summed E-state index contributed by atoms with van der Waals surface area (Å²) in [5, 5.41) is 17.9. The second kappa shape index (κ2) is 5.68. The molecule has 0 aliphatic heterocycles. The molecule has 0 fully saturated rings. The molecule has 0 amide bonds. The van der Waals surface area contributed by atoms with Crippen LogP contribution in [0.3, 0.4) is 0 Å². The van der Waals surface area contributed by atoms with E-state index >= 15 is 0 Å². The molecule has 0 aromatic carbocycles. The quantitative estimate of drug-likeness (QED) is 0.803. The van der Waals surface area contributed by atoms with Gasteiger partial charge in [-0.3, -0.25) is 4.79 Å². The largest absolute Gasteiger partial charge is 0.481 e. The highest BCUT2D eigenvalue weighted by molar-refractivity contribution is 8.01. The van der Waals surface area contributed by atoms with Gasteiger partial charge < -0.3 is 10.0 Å². The summed E-state index contributed by atoms with van der Waals surface area (Å²) in [5.41, 5.74) is -0.679. The smallest absolute Gasteiger partial charge is 0.309 e. The Bertz CT molecular complexity index is 391. The zero-order valence-corrected chi connectivity index (χ0v) is 12.1. The van der Waals surface area contributed by atoms with Crippen LogP contribution in [0.15, 0.2) is 4.34 Å². The van der Waals surface area contributed by atoms with Crippen molar-refractivity contribution in [2.75, 3.05) is 24.7 Å². The Morgan fingerprint density at radius 1 is 1.47 bits per heavy atom. The van der Waals surface area contributed by atoms with Crippen LogP contribution in [0.2, 0.25) is 0 Å². The maximum absolute atomic E-state index is 10.9. The van der Waals surface area contributed by atoms with Crippen molar-refractivity contribution >= 4 is 34.2 Å². The van der Waals surface area contributed by atoms with Crippen molar-refractivity contribution in [2.45, 2.75) is 24.6 Å². The Morgan fingerprint density at radius 3 is 2.59 bits per heavy atom. The number of aliphatic carboxylic acids is 1. The molecule has 0 aliphatic carbocycles. The van der Waals surface area contributed by atoms with Crippen molar-refractivity contribution in [3.8, 4) is 0 Å². The maximum atomic E-state index is 10.9. The zero-order valence-electron chi connectivity index (χ0n) is 10.4. The fraction of sp³-hybridized carbons (Fsp3) is 0.700. The second-order valence-electron chi connectivity index (χ2n) is 4.53. The molecule has 0 saturated heterocycles. The summed E-state index contributed by atoms with van der Waals surface area (Å²) < 4.78 is 0.884. The molecule has 0 aliphatic rings. The minimum atomic E-state index is -0.760. The molecule has 5 nitrogen and oxygen atoms in total. The first-order valence-corrected chi connectivity index (χ1v) is 7.00.